The topological polar surface area (TPSA) is 63.2 Å². The van der Waals surface area contributed by atoms with Crippen LogP contribution in [0.15, 0.2) is 36.5 Å². The predicted octanol–water partition coefficient (Wildman–Crippen LogP) is 3.91. The van der Waals surface area contributed by atoms with Crippen molar-refractivity contribution in [2.45, 2.75) is 12.8 Å². The molecule has 1 aromatic heterocycles. The molecule has 1 atom stereocenters. The summed E-state index contributed by atoms with van der Waals surface area (Å²) in [5.41, 5.74) is 0.372. The van der Waals surface area contributed by atoms with Gasteiger partial charge in [0, 0.05) is 17.8 Å². The number of hydrogen-bond donors (Lipinski definition) is 2. The number of halogens is 2. The van der Waals surface area contributed by atoms with Gasteiger partial charge in [-0.05, 0) is 62.2 Å². The standard InChI is InChI=1S/C18H19Cl2N3O2/c19-13-5-6-16(15(20)9-13)25-18-14(4-2-8-22-18)17(24)23-11-12-3-1-7-21-10-12/h2,4-6,8-9,12,21H,1,3,7,10-11H2,(H,23,24). The van der Waals surface area contributed by atoms with Crippen molar-refractivity contribution in [3.05, 3.63) is 52.1 Å². The molecule has 2 heterocycles. The van der Waals surface area contributed by atoms with Gasteiger partial charge in [0.15, 0.2) is 0 Å². The van der Waals surface area contributed by atoms with E-state index >= 15 is 0 Å². The lowest BCUT2D eigenvalue weighted by atomic mass is 10.00. The van der Waals surface area contributed by atoms with Crippen LogP contribution in [0.3, 0.4) is 0 Å². The maximum Gasteiger partial charge on any atom is 0.256 e. The molecule has 1 amide bonds. The van der Waals surface area contributed by atoms with Crippen molar-refractivity contribution in [3.8, 4) is 11.6 Å². The Balaban J connectivity index is 1.70. The zero-order valence-corrected chi connectivity index (χ0v) is 15.1. The van der Waals surface area contributed by atoms with E-state index < -0.39 is 0 Å². The highest BCUT2D eigenvalue weighted by molar-refractivity contribution is 6.35. The Kier molecular flexibility index (Phi) is 6.13. The van der Waals surface area contributed by atoms with Crippen LogP contribution in [0, 0.1) is 5.92 Å². The molecule has 1 unspecified atom stereocenters. The monoisotopic (exact) mass is 379 g/mol. The van der Waals surface area contributed by atoms with E-state index in [1.165, 1.54) is 0 Å². The second kappa shape index (κ2) is 8.52. The zero-order chi connectivity index (χ0) is 17.6. The highest BCUT2D eigenvalue weighted by atomic mass is 35.5. The lowest BCUT2D eigenvalue weighted by Crippen LogP contribution is -2.38. The minimum Gasteiger partial charge on any atom is -0.437 e. The van der Waals surface area contributed by atoms with Gasteiger partial charge in [0.25, 0.3) is 5.91 Å². The van der Waals surface area contributed by atoms with Gasteiger partial charge in [0.2, 0.25) is 5.88 Å². The fourth-order valence-corrected chi connectivity index (χ4v) is 3.18. The molecular formula is C18H19Cl2N3O2. The van der Waals surface area contributed by atoms with Gasteiger partial charge in [-0.3, -0.25) is 4.79 Å². The van der Waals surface area contributed by atoms with Gasteiger partial charge in [0.1, 0.15) is 11.3 Å². The number of hydrogen-bond acceptors (Lipinski definition) is 4. The third-order valence-corrected chi connectivity index (χ3v) is 4.60. The molecule has 0 radical (unpaired) electrons. The summed E-state index contributed by atoms with van der Waals surface area (Å²) in [5.74, 6) is 0.851. The van der Waals surface area contributed by atoms with Crippen LogP contribution in [0.4, 0.5) is 0 Å². The smallest absolute Gasteiger partial charge is 0.256 e. The molecule has 25 heavy (non-hydrogen) atoms. The molecule has 1 saturated heterocycles. The Morgan fingerprint density at radius 1 is 1.36 bits per heavy atom. The minimum absolute atomic E-state index is 0.209. The zero-order valence-electron chi connectivity index (χ0n) is 13.6. The van der Waals surface area contributed by atoms with E-state index in [0.717, 1.165) is 25.9 Å². The van der Waals surface area contributed by atoms with Crippen LogP contribution in [0.25, 0.3) is 0 Å². The first-order valence-corrected chi connectivity index (χ1v) is 8.96. The fraction of sp³-hybridized carbons (Fsp3) is 0.333. The summed E-state index contributed by atoms with van der Waals surface area (Å²) in [6.45, 7) is 2.60. The van der Waals surface area contributed by atoms with Crippen molar-refractivity contribution in [1.82, 2.24) is 15.6 Å². The number of carbonyl (C=O) groups is 1. The van der Waals surface area contributed by atoms with E-state index in [1.807, 2.05) is 0 Å². The van der Waals surface area contributed by atoms with E-state index in [9.17, 15) is 4.79 Å². The number of nitrogens with zero attached hydrogens (tertiary/aromatic N) is 1. The first-order chi connectivity index (χ1) is 12.1. The van der Waals surface area contributed by atoms with Gasteiger partial charge in [0.05, 0.1) is 5.02 Å². The van der Waals surface area contributed by atoms with Crippen molar-refractivity contribution in [3.63, 3.8) is 0 Å². The Hall–Kier alpha value is -1.82. The van der Waals surface area contributed by atoms with E-state index in [2.05, 4.69) is 15.6 Å². The van der Waals surface area contributed by atoms with E-state index in [4.69, 9.17) is 27.9 Å². The van der Waals surface area contributed by atoms with Gasteiger partial charge in [-0.25, -0.2) is 4.98 Å². The molecule has 3 rings (SSSR count). The number of amides is 1. The largest absolute Gasteiger partial charge is 0.437 e. The van der Waals surface area contributed by atoms with Gasteiger partial charge in [-0.2, -0.15) is 0 Å². The number of carbonyl (C=O) groups excluding carboxylic acids is 1. The predicted molar refractivity (Wildman–Crippen MR) is 98.7 cm³/mol. The number of pyridine rings is 1. The Morgan fingerprint density at radius 2 is 2.24 bits per heavy atom. The van der Waals surface area contributed by atoms with Crippen LogP contribution < -0.4 is 15.4 Å². The third-order valence-electron chi connectivity index (χ3n) is 4.07. The van der Waals surface area contributed by atoms with Crippen molar-refractivity contribution in [1.29, 1.82) is 0 Å². The molecule has 0 saturated carbocycles. The Labute approximate surface area is 156 Å². The highest BCUT2D eigenvalue weighted by Gasteiger charge is 2.18. The van der Waals surface area contributed by atoms with Crippen molar-refractivity contribution in [2.75, 3.05) is 19.6 Å². The van der Waals surface area contributed by atoms with Crippen LogP contribution in [-0.2, 0) is 0 Å². The molecule has 0 spiro atoms. The van der Waals surface area contributed by atoms with Crippen molar-refractivity contribution < 1.29 is 9.53 Å². The average Bonchev–Trinajstić information content (AvgIpc) is 2.63. The molecule has 132 valence electrons. The maximum atomic E-state index is 12.5. The fourth-order valence-electron chi connectivity index (χ4n) is 2.74. The summed E-state index contributed by atoms with van der Waals surface area (Å²) in [6, 6.07) is 8.28. The first kappa shape index (κ1) is 18.0. The van der Waals surface area contributed by atoms with Crippen LogP contribution >= 0.6 is 23.2 Å². The van der Waals surface area contributed by atoms with Gasteiger partial charge in [-0.15, -0.1) is 0 Å². The van der Waals surface area contributed by atoms with Crippen LogP contribution in [0.2, 0.25) is 10.0 Å². The summed E-state index contributed by atoms with van der Waals surface area (Å²) in [6.07, 6.45) is 3.82. The summed E-state index contributed by atoms with van der Waals surface area (Å²) in [5, 5.41) is 7.18. The highest BCUT2D eigenvalue weighted by Crippen LogP contribution is 2.32. The molecule has 7 heteroatoms. The number of rotatable bonds is 5. The summed E-state index contributed by atoms with van der Waals surface area (Å²) in [7, 11) is 0. The lowest BCUT2D eigenvalue weighted by Gasteiger charge is -2.23. The van der Waals surface area contributed by atoms with E-state index in [0.29, 0.717) is 33.8 Å². The van der Waals surface area contributed by atoms with E-state index in [-0.39, 0.29) is 11.8 Å². The quantitative estimate of drug-likeness (QED) is 0.826. The van der Waals surface area contributed by atoms with Crippen LogP contribution in [0.5, 0.6) is 11.6 Å². The molecule has 5 nitrogen and oxygen atoms in total. The number of ether oxygens (including phenoxy) is 1. The molecule has 2 N–H and O–H groups in total. The average molecular weight is 380 g/mol. The Morgan fingerprint density at radius 3 is 3.00 bits per heavy atom. The van der Waals surface area contributed by atoms with Gasteiger partial charge >= 0.3 is 0 Å². The van der Waals surface area contributed by atoms with Crippen molar-refractivity contribution in [2.24, 2.45) is 5.92 Å². The van der Waals surface area contributed by atoms with E-state index in [1.54, 1.807) is 36.5 Å². The summed E-state index contributed by atoms with van der Waals surface area (Å²) in [4.78, 5) is 16.7. The summed E-state index contributed by atoms with van der Waals surface area (Å²) >= 11 is 12.0. The van der Waals surface area contributed by atoms with Gasteiger partial charge < -0.3 is 15.4 Å². The van der Waals surface area contributed by atoms with Crippen LogP contribution in [0.1, 0.15) is 23.2 Å². The molecule has 1 aliphatic heterocycles. The number of aromatic nitrogens is 1. The van der Waals surface area contributed by atoms with Crippen LogP contribution in [-0.4, -0.2) is 30.5 Å². The normalized spacial score (nSPS) is 17.1. The maximum absolute atomic E-state index is 12.5. The number of nitrogens with one attached hydrogen (secondary N) is 2. The molecule has 2 aromatic rings. The molecule has 0 aliphatic carbocycles. The SMILES string of the molecule is O=C(NCC1CCCNC1)c1cccnc1Oc1ccc(Cl)cc1Cl. The molecule has 1 aliphatic rings. The first-order valence-electron chi connectivity index (χ1n) is 8.20. The lowest BCUT2D eigenvalue weighted by molar-refractivity contribution is 0.0942. The second-order valence-electron chi connectivity index (χ2n) is 5.96. The number of piperidine rings is 1. The molecule has 1 fully saturated rings. The molecule has 0 bridgehead atoms. The molecular weight excluding hydrogens is 361 g/mol. The third kappa shape index (κ3) is 4.84. The van der Waals surface area contributed by atoms with Gasteiger partial charge in [-0.1, -0.05) is 23.2 Å². The van der Waals surface area contributed by atoms with Crippen molar-refractivity contribution >= 4 is 29.1 Å². The summed E-state index contributed by atoms with van der Waals surface area (Å²) < 4.78 is 5.73. The minimum atomic E-state index is -0.209. The Bertz CT molecular complexity index is 749. The number of benzene rings is 1. The molecule has 1 aromatic carbocycles. The second-order valence-corrected chi connectivity index (χ2v) is 6.80.